The standard InChI is InChI=1S/C12H16N4O4/c1-20-12(17)9-4-5-10(16(18)19)11(14-9)15-6-2-3-8(13)7-15/h4-5,8H,2-3,6-7,13H2,1H3. The van der Waals surface area contributed by atoms with Crippen molar-refractivity contribution < 1.29 is 14.5 Å². The van der Waals surface area contributed by atoms with Crippen LogP contribution in [0.15, 0.2) is 12.1 Å². The van der Waals surface area contributed by atoms with Gasteiger partial charge in [-0.2, -0.15) is 0 Å². The Kier molecular flexibility index (Phi) is 4.14. The predicted octanol–water partition coefficient (Wildman–Crippen LogP) is 0.704. The van der Waals surface area contributed by atoms with E-state index < -0.39 is 10.9 Å². The summed E-state index contributed by atoms with van der Waals surface area (Å²) < 4.78 is 4.59. The van der Waals surface area contributed by atoms with Gasteiger partial charge < -0.3 is 15.4 Å². The van der Waals surface area contributed by atoms with Gasteiger partial charge in [0.05, 0.1) is 12.0 Å². The van der Waals surface area contributed by atoms with Crippen LogP contribution in [0.5, 0.6) is 0 Å². The first-order valence-electron chi connectivity index (χ1n) is 6.27. The molecule has 8 heteroatoms. The Morgan fingerprint density at radius 1 is 1.60 bits per heavy atom. The monoisotopic (exact) mass is 280 g/mol. The molecule has 2 heterocycles. The summed E-state index contributed by atoms with van der Waals surface area (Å²) in [5.41, 5.74) is 5.80. The highest BCUT2D eigenvalue weighted by Crippen LogP contribution is 2.28. The van der Waals surface area contributed by atoms with E-state index in [1.54, 1.807) is 4.90 Å². The van der Waals surface area contributed by atoms with E-state index in [0.717, 1.165) is 12.8 Å². The van der Waals surface area contributed by atoms with Gasteiger partial charge in [0, 0.05) is 25.2 Å². The molecule has 0 aromatic carbocycles. The second-order valence-corrected chi connectivity index (χ2v) is 4.64. The number of pyridine rings is 1. The molecule has 0 saturated carbocycles. The van der Waals surface area contributed by atoms with Crippen LogP contribution in [0.3, 0.4) is 0 Å². The van der Waals surface area contributed by atoms with Gasteiger partial charge in [-0.25, -0.2) is 9.78 Å². The number of piperidine rings is 1. The minimum Gasteiger partial charge on any atom is -0.464 e. The maximum Gasteiger partial charge on any atom is 0.356 e. The van der Waals surface area contributed by atoms with Crippen LogP contribution in [0.1, 0.15) is 23.3 Å². The quantitative estimate of drug-likeness (QED) is 0.492. The second-order valence-electron chi connectivity index (χ2n) is 4.64. The SMILES string of the molecule is COC(=O)c1ccc([N+](=O)[O-])c(N2CCCC(N)C2)n1. The highest BCUT2D eigenvalue weighted by atomic mass is 16.6. The van der Waals surface area contributed by atoms with Gasteiger partial charge in [-0.15, -0.1) is 0 Å². The molecule has 1 saturated heterocycles. The summed E-state index contributed by atoms with van der Waals surface area (Å²) in [5, 5.41) is 11.1. The van der Waals surface area contributed by atoms with E-state index in [1.807, 2.05) is 0 Å². The fraction of sp³-hybridized carbons (Fsp3) is 0.500. The number of aromatic nitrogens is 1. The van der Waals surface area contributed by atoms with Crippen LogP contribution in [0.4, 0.5) is 11.5 Å². The summed E-state index contributed by atoms with van der Waals surface area (Å²) in [7, 11) is 1.24. The zero-order valence-corrected chi connectivity index (χ0v) is 11.1. The lowest BCUT2D eigenvalue weighted by Crippen LogP contribution is -2.43. The van der Waals surface area contributed by atoms with Crippen molar-refractivity contribution in [3.8, 4) is 0 Å². The van der Waals surface area contributed by atoms with Crippen LogP contribution in [0.25, 0.3) is 0 Å². The van der Waals surface area contributed by atoms with Gasteiger partial charge >= 0.3 is 11.7 Å². The number of nitrogens with two attached hydrogens (primary N) is 1. The van der Waals surface area contributed by atoms with Crippen molar-refractivity contribution in [2.24, 2.45) is 5.73 Å². The van der Waals surface area contributed by atoms with Crippen molar-refractivity contribution in [2.75, 3.05) is 25.1 Å². The summed E-state index contributed by atoms with van der Waals surface area (Å²) in [5.74, 6) is -0.449. The maximum absolute atomic E-state index is 11.5. The van der Waals surface area contributed by atoms with E-state index in [1.165, 1.54) is 19.2 Å². The van der Waals surface area contributed by atoms with Crippen molar-refractivity contribution >= 4 is 17.5 Å². The molecule has 1 atom stereocenters. The number of hydrogen-bond donors (Lipinski definition) is 1. The van der Waals surface area contributed by atoms with Crippen LogP contribution in [0, 0.1) is 10.1 Å². The van der Waals surface area contributed by atoms with E-state index in [2.05, 4.69) is 9.72 Å². The topological polar surface area (TPSA) is 112 Å². The molecule has 1 aliphatic heterocycles. The van der Waals surface area contributed by atoms with Crippen molar-refractivity contribution in [1.82, 2.24) is 4.98 Å². The zero-order valence-electron chi connectivity index (χ0n) is 11.1. The Morgan fingerprint density at radius 2 is 2.35 bits per heavy atom. The fourth-order valence-electron chi connectivity index (χ4n) is 2.24. The van der Waals surface area contributed by atoms with Crippen molar-refractivity contribution in [2.45, 2.75) is 18.9 Å². The third-order valence-corrected chi connectivity index (χ3v) is 3.20. The normalized spacial score (nSPS) is 18.7. The van der Waals surface area contributed by atoms with Gasteiger partial charge in [0.15, 0.2) is 5.69 Å². The highest BCUT2D eigenvalue weighted by molar-refractivity contribution is 5.88. The second kappa shape index (κ2) is 5.83. The number of esters is 1. The molecule has 0 aliphatic carbocycles. The minimum absolute atomic E-state index is 0.0484. The van der Waals surface area contributed by atoms with Gasteiger partial charge in [-0.1, -0.05) is 0 Å². The number of carbonyl (C=O) groups is 1. The number of hydrogen-bond acceptors (Lipinski definition) is 7. The van der Waals surface area contributed by atoms with Crippen LogP contribution in [-0.4, -0.2) is 42.1 Å². The lowest BCUT2D eigenvalue weighted by atomic mass is 10.1. The Labute approximate surface area is 115 Å². The average molecular weight is 280 g/mol. The first-order valence-corrected chi connectivity index (χ1v) is 6.27. The molecule has 1 unspecified atom stereocenters. The van der Waals surface area contributed by atoms with Crippen LogP contribution < -0.4 is 10.6 Å². The highest BCUT2D eigenvalue weighted by Gasteiger charge is 2.27. The summed E-state index contributed by atoms with van der Waals surface area (Å²) in [6.45, 7) is 1.12. The number of ether oxygens (including phenoxy) is 1. The molecule has 0 spiro atoms. The van der Waals surface area contributed by atoms with Crippen molar-refractivity contribution in [3.05, 3.63) is 27.9 Å². The van der Waals surface area contributed by atoms with Crippen LogP contribution in [-0.2, 0) is 4.74 Å². The number of carbonyl (C=O) groups excluding carboxylic acids is 1. The molecule has 8 nitrogen and oxygen atoms in total. The third kappa shape index (κ3) is 2.85. The van der Waals surface area contributed by atoms with E-state index in [-0.39, 0.29) is 23.2 Å². The molecule has 1 aromatic rings. The number of nitrogens with zero attached hydrogens (tertiary/aromatic N) is 3. The Bertz CT molecular complexity index is 534. The Morgan fingerprint density at radius 3 is 2.95 bits per heavy atom. The molecule has 20 heavy (non-hydrogen) atoms. The molecular weight excluding hydrogens is 264 g/mol. The lowest BCUT2D eigenvalue weighted by Gasteiger charge is -2.31. The summed E-state index contributed by atoms with van der Waals surface area (Å²) >= 11 is 0. The molecule has 2 rings (SSSR count). The molecule has 1 fully saturated rings. The van der Waals surface area contributed by atoms with Gasteiger partial charge in [0.1, 0.15) is 0 Å². The van der Waals surface area contributed by atoms with Gasteiger partial charge in [-0.05, 0) is 18.9 Å². The summed E-state index contributed by atoms with van der Waals surface area (Å²) in [6.07, 6.45) is 1.71. The van der Waals surface area contributed by atoms with Crippen LogP contribution in [0.2, 0.25) is 0 Å². The predicted molar refractivity (Wildman–Crippen MR) is 71.7 cm³/mol. The number of anilines is 1. The first kappa shape index (κ1) is 14.2. The lowest BCUT2D eigenvalue weighted by molar-refractivity contribution is -0.384. The van der Waals surface area contributed by atoms with Gasteiger partial charge in [0.25, 0.3) is 0 Å². The molecule has 0 radical (unpaired) electrons. The average Bonchev–Trinajstić information content (AvgIpc) is 2.45. The summed E-state index contributed by atoms with van der Waals surface area (Å²) in [6, 6.07) is 2.51. The van der Waals surface area contributed by atoms with Crippen molar-refractivity contribution in [1.29, 1.82) is 0 Å². The third-order valence-electron chi connectivity index (χ3n) is 3.20. The smallest absolute Gasteiger partial charge is 0.356 e. The van der Waals surface area contributed by atoms with Gasteiger partial charge in [-0.3, -0.25) is 10.1 Å². The zero-order chi connectivity index (χ0) is 14.7. The Hall–Kier alpha value is -2.22. The molecule has 0 bridgehead atoms. The molecule has 1 aromatic heterocycles. The molecular formula is C12H16N4O4. The largest absolute Gasteiger partial charge is 0.464 e. The fourth-order valence-corrected chi connectivity index (χ4v) is 2.24. The maximum atomic E-state index is 11.5. The van der Waals surface area contributed by atoms with E-state index in [4.69, 9.17) is 5.73 Å². The molecule has 108 valence electrons. The van der Waals surface area contributed by atoms with E-state index in [0.29, 0.717) is 13.1 Å². The Balaban J connectivity index is 2.41. The van der Waals surface area contributed by atoms with E-state index >= 15 is 0 Å². The minimum atomic E-state index is -0.623. The number of nitro groups is 1. The molecule has 2 N–H and O–H groups in total. The van der Waals surface area contributed by atoms with Gasteiger partial charge in [0.2, 0.25) is 5.82 Å². The molecule has 0 amide bonds. The van der Waals surface area contributed by atoms with E-state index in [9.17, 15) is 14.9 Å². The van der Waals surface area contributed by atoms with Crippen molar-refractivity contribution in [3.63, 3.8) is 0 Å². The first-order chi connectivity index (χ1) is 9.52. The number of rotatable bonds is 3. The van der Waals surface area contributed by atoms with Crippen LogP contribution >= 0.6 is 0 Å². The summed E-state index contributed by atoms with van der Waals surface area (Å²) in [4.78, 5) is 27.9. The molecule has 1 aliphatic rings. The number of methoxy groups -OCH3 is 1.